The molecule has 0 spiro atoms. The molecular weight excluding hydrogens is 352 g/mol. The van der Waals surface area contributed by atoms with E-state index in [1.807, 2.05) is 0 Å². The second-order valence-corrected chi connectivity index (χ2v) is 7.93. The third-order valence-corrected chi connectivity index (χ3v) is 5.37. The van der Waals surface area contributed by atoms with Gasteiger partial charge in [0.15, 0.2) is 0 Å². The molecule has 0 saturated heterocycles. The fraction of sp³-hybridized carbons (Fsp3) is 0.158. The van der Waals surface area contributed by atoms with E-state index in [-0.39, 0.29) is 16.6 Å². The third-order valence-electron chi connectivity index (χ3n) is 3.95. The number of nitrogens with zero attached hydrogens (tertiary/aromatic N) is 1. The molecule has 0 saturated carbocycles. The van der Waals surface area contributed by atoms with E-state index in [9.17, 15) is 18.3 Å². The molecule has 6 nitrogen and oxygen atoms in total. The van der Waals surface area contributed by atoms with Gasteiger partial charge in [0.25, 0.3) is 0 Å². The van der Waals surface area contributed by atoms with Crippen molar-refractivity contribution in [3.63, 3.8) is 0 Å². The van der Waals surface area contributed by atoms with Gasteiger partial charge in [0, 0.05) is 11.5 Å². The molecule has 134 valence electrons. The molecule has 0 aliphatic carbocycles. The second kappa shape index (κ2) is 7.42. The summed E-state index contributed by atoms with van der Waals surface area (Å²) in [5, 5.41) is 21.7. The monoisotopic (exact) mass is 370 g/mol. The Bertz CT molecular complexity index is 985. The van der Waals surface area contributed by atoms with Gasteiger partial charge in [0.2, 0.25) is 15.7 Å². The van der Waals surface area contributed by atoms with E-state index < -0.39 is 15.3 Å². The summed E-state index contributed by atoms with van der Waals surface area (Å²) in [5.74, 6) is -0.388. The lowest BCUT2D eigenvalue weighted by Crippen LogP contribution is -2.34. The number of benzene rings is 2. The number of amides is 1. The number of aromatic hydroxyl groups is 1. The molecule has 1 amide bonds. The van der Waals surface area contributed by atoms with Crippen LogP contribution in [0.1, 0.15) is 19.4 Å². The number of nitriles is 1. The van der Waals surface area contributed by atoms with Crippen LogP contribution in [0, 0.1) is 11.3 Å². The Balaban J connectivity index is 2.26. The molecule has 0 fully saturated rings. The Kier molecular flexibility index (Phi) is 5.48. The minimum Gasteiger partial charge on any atom is -0.506 e. The summed E-state index contributed by atoms with van der Waals surface area (Å²) in [5.41, 5.74) is -0.0624. The van der Waals surface area contributed by atoms with Gasteiger partial charge in [-0.15, -0.1) is 0 Å². The Labute approximate surface area is 152 Å². The summed E-state index contributed by atoms with van der Waals surface area (Å²) < 4.78 is 24.0. The van der Waals surface area contributed by atoms with Gasteiger partial charge in [-0.25, -0.2) is 8.42 Å². The minimum absolute atomic E-state index is 0.0321. The van der Waals surface area contributed by atoms with Crippen molar-refractivity contribution in [2.24, 2.45) is 0 Å². The van der Waals surface area contributed by atoms with Crippen LogP contribution in [0.2, 0.25) is 0 Å². The highest BCUT2D eigenvalue weighted by Crippen LogP contribution is 2.29. The molecule has 0 unspecified atom stereocenters. The number of sulfone groups is 1. The third kappa shape index (κ3) is 4.10. The second-order valence-electron chi connectivity index (χ2n) is 6.10. The summed E-state index contributed by atoms with van der Waals surface area (Å²) in [6.07, 6.45) is 0.896. The number of rotatable bonds is 5. The van der Waals surface area contributed by atoms with E-state index in [1.165, 1.54) is 18.2 Å². The molecule has 26 heavy (non-hydrogen) atoms. The standard InChI is InChI=1S/C19H18N2O4S/c1-19(2,18(23)21-16-6-3-4-7-17(16)22)14-8-10-15(11-9-14)26(24,25)13-5-12-20/h3-11,13,22H,1-2H3,(H,21,23). The smallest absolute Gasteiger partial charge is 0.234 e. The van der Waals surface area contributed by atoms with Crippen LogP contribution in [-0.4, -0.2) is 19.4 Å². The quantitative estimate of drug-likeness (QED) is 0.621. The van der Waals surface area contributed by atoms with Crippen molar-refractivity contribution in [1.82, 2.24) is 0 Å². The van der Waals surface area contributed by atoms with Gasteiger partial charge >= 0.3 is 0 Å². The fourth-order valence-corrected chi connectivity index (χ4v) is 3.16. The molecule has 2 rings (SSSR count). The predicted octanol–water partition coefficient (Wildman–Crippen LogP) is 3.12. The Morgan fingerprint density at radius 3 is 2.35 bits per heavy atom. The lowest BCUT2D eigenvalue weighted by atomic mass is 9.83. The van der Waals surface area contributed by atoms with Gasteiger partial charge in [-0.2, -0.15) is 5.26 Å². The largest absolute Gasteiger partial charge is 0.506 e. The van der Waals surface area contributed by atoms with E-state index in [4.69, 9.17) is 5.26 Å². The molecule has 2 aromatic rings. The van der Waals surface area contributed by atoms with Crippen molar-refractivity contribution in [1.29, 1.82) is 5.26 Å². The maximum absolute atomic E-state index is 12.6. The SMILES string of the molecule is CC(C)(C(=O)Nc1ccccc1O)c1ccc(S(=O)(=O)C=CC#N)cc1. The normalized spacial score (nSPS) is 11.9. The Hall–Kier alpha value is -3.11. The molecule has 0 radical (unpaired) electrons. The molecule has 7 heteroatoms. The number of carbonyl (C=O) groups excluding carboxylic acids is 1. The van der Waals surface area contributed by atoms with Crippen molar-refractivity contribution in [2.75, 3.05) is 5.32 Å². The summed E-state index contributed by atoms with van der Waals surface area (Å²) >= 11 is 0. The zero-order chi connectivity index (χ0) is 19.4. The van der Waals surface area contributed by atoms with E-state index in [0.717, 1.165) is 11.5 Å². The number of para-hydroxylation sites is 2. The van der Waals surface area contributed by atoms with Crippen LogP contribution in [0.15, 0.2) is 64.9 Å². The maximum atomic E-state index is 12.6. The zero-order valence-electron chi connectivity index (χ0n) is 14.3. The van der Waals surface area contributed by atoms with Gasteiger partial charge in [-0.1, -0.05) is 24.3 Å². The van der Waals surface area contributed by atoms with Crippen LogP contribution in [0.3, 0.4) is 0 Å². The molecule has 0 heterocycles. The molecule has 0 aromatic heterocycles. The first-order valence-corrected chi connectivity index (χ1v) is 9.24. The van der Waals surface area contributed by atoms with Gasteiger partial charge in [0.1, 0.15) is 5.75 Å². The average molecular weight is 370 g/mol. The van der Waals surface area contributed by atoms with Crippen molar-refractivity contribution >= 4 is 21.4 Å². The molecule has 0 atom stereocenters. The van der Waals surface area contributed by atoms with Gasteiger partial charge in [-0.05, 0) is 43.7 Å². The van der Waals surface area contributed by atoms with Gasteiger partial charge < -0.3 is 10.4 Å². The molecule has 2 aromatic carbocycles. The first kappa shape index (κ1) is 19.2. The van der Waals surface area contributed by atoms with Gasteiger partial charge in [-0.3, -0.25) is 4.79 Å². The number of phenolic OH excluding ortho intramolecular Hbond substituents is 1. The number of anilines is 1. The van der Waals surface area contributed by atoms with Crippen LogP contribution in [0.4, 0.5) is 5.69 Å². The van der Waals surface area contributed by atoms with Crippen LogP contribution in [0.25, 0.3) is 0 Å². The van der Waals surface area contributed by atoms with E-state index in [1.54, 1.807) is 50.2 Å². The first-order chi connectivity index (χ1) is 12.2. The number of hydrogen-bond donors (Lipinski definition) is 2. The number of phenols is 1. The highest BCUT2D eigenvalue weighted by Gasteiger charge is 2.30. The van der Waals surface area contributed by atoms with Crippen LogP contribution in [0.5, 0.6) is 5.75 Å². The number of nitrogens with one attached hydrogen (secondary N) is 1. The Morgan fingerprint density at radius 1 is 1.15 bits per heavy atom. The molecule has 2 N–H and O–H groups in total. The van der Waals surface area contributed by atoms with Crippen molar-refractivity contribution < 1.29 is 18.3 Å². The van der Waals surface area contributed by atoms with E-state index in [0.29, 0.717) is 11.3 Å². The van der Waals surface area contributed by atoms with E-state index in [2.05, 4.69) is 5.32 Å². The molecule has 0 aliphatic rings. The van der Waals surface area contributed by atoms with Gasteiger partial charge in [0.05, 0.1) is 22.1 Å². The molecule has 0 bridgehead atoms. The van der Waals surface area contributed by atoms with Crippen molar-refractivity contribution in [3.8, 4) is 11.8 Å². The Morgan fingerprint density at radius 2 is 1.77 bits per heavy atom. The summed E-state index contributed by atoms with van der Waals surface area (Å²) in [6, 6.07) is 13.9. The average Bonchev–Trinajstić information content (AvgIpc) is 2.62. The van der Waals surface area contributed by atoms with Crippen LogP contribution in [-0.2, 0) is 20.0 Å². The summed E-state index contributed by atoms with van der Waals surface area (Å²) in [6.45, 7) is 3.39. The fourth-order valence-electron chi connectivity index (χ4n) is 2.25. The number of hydrogen-bond acceptors (Lipinski definition) is 5. The highest BCUT2D eigenvalue weighted by molar-refractivity contribution is 7.94. The van der Waals surface area contributed by atoms with Crippen molar-refractivity contribution in [2.45, 2.75) is 24.2 Å². The number of allylic oxidation sites excluding steroid dienone is 1. The molecular formula is C19H18N2O4S. The van der Waals surface area contributed by atoms with Crippen LogP contribution >= 0.6 is 0 Å². The van der Waals surface area contributed by atoms with Crippen LogP contribution < -0.4 is 5.32 Å². The number of carbonyl (C=O) groups is 1. The summed E-state index contributed by atoms with van der Waals surface area (Å²) in [7, 11) is -3.70. The summed E-state index contributed by atoms with van der Waals surface area (Å²) in [4.78, 5) is 12.7. The minimum atomic E-state index is -3.70. The highest BCUT2D eigenvalue weighted by atomic mass is 32.2. The topological polar surface area (TPSA) is 107 Å². The van der Waals surface area contributed by atoms with E-state index >= 15 is 0 Å². The maximum Gasteiger partial charge on any atom is 0.234 e. The molecule has 0 aliphatic heterocycles. The van der Waals surface area contributed by atoms with Crippen molar-refractivity contribution in [3.05, 3.63) is 65.6 Å². The first-order valence-electron chi connectivity index (χ1n) is 7.70. The predicted molar refractivity (Wildman–Crippen MR) is 98.1 cm³/mol. The lowest BCUT2D eigenvalue weighted by molar-refractivity contribution is -0.120. The lowest BCUT2D eigenvalue weighted by Gasteiger charge is -2.24. The zero-order valence-corrected chi connectivity index (χ0v) is 15.1.